The molecule has 37 heavy (non-hydrogen) atoms. The van der Waals surface area contributed by atoms with Gasteiger partial charge in [-0.05, 0) is 62.7 Å². The number of hydrogen-bond acceptors (Lipinski definition) is 6. The molecule has 194 valence electrons. The highest BCUT2D eigenvalue weighted by atomic mass is 16.5. The molecule has 1 saturated heterocycles. The first kappa shape index (κ1) is 26.4. The standard InChI is InChI=1S/C22H23N5.C7H13NO2/c1-5-16-10-11-17(14(3)26-16)20-18(15-8-6-13(2)7-9-15)19-21(23)24-12-25-22(19)27(20)4;1-10-5-7-3-2-4-8(7)6-9/h1,8,10-13H,6-7,9H2,2-4H3,(H2,23,24,25);6-7H,2-5H2,1H3/t13-;7-/m10/s1. The Morgan fingerprint density at radius 1 is 1.30 bits per heavy atom. The van der Waals surface area contributed by atoms with E-state index in [2.05, 4.69) is 38.4 Å². The summed E-state index contributed by atoms with van der Waals surface area (Å²) in [6.07, 6.45) is 15.8. The second kappa shape index (κ2) is 11.6. The number of anilines is 1. The highest BCUT2D eigenvalue weighted by Gasteiger charge is 2.26. The van der Waals surface area contributed by atoms with Crippen molar-refractivity contribution in [3.8, 4) is 23.6 Å². The van der Waals surface area contributed by atoms with Crippen LogP contribution in [0, 0.1) is 25.2 Å². The maximum Gasteiger partial charge on any atom is 0.210 e. The van der Waals surface area contributed by atoms with E-state index in [0.29, 0.717) is 30.1 Å². The van der Waals surface area contributed by atoms with Crippen LogP contribution in [0.15, 0.2) is 24.5 Å². The van der Waals surface area contributed by atoms with Crippen LogP contribution in [0.4, 0.5) is 5.82 Å². The predicted octanol–water partition coefficient (Wildman–Crippen LogP) is 4.36. The maximum absolute atomic E-state index is 10.4. The Labute approximate surface area is 218 Å². The summed E-state index contributed by atoms with van der Waals surface area (Å²) in [5, 5.41) is 0.927. The molecule has 2 atom stereocenters. The number of fused-ring (bicyclic) bond motifs is 1. The number of carbonyl (C=O) groups excluding carboxylic acids is 1. The van der Waals surface area contributed by atoms with E-state index in [1.807, 2.05) is 31.0 Å². The van der Waals surface area contributed by atoms with Gasteiger partial charge in [0.2, 0.25) is 6.41 Å². The number of aromatic nitrogens is 4. The molecule has 0 aromatic carbocycles. The normalized spacial score (nSPS) is 19.2. The minimum absolute atomic E-state index is 0.336. The molecule has 1 aliphatic heterocycles. The van der Waals surface area contributed by atoms with E-state index >= 15 is 0 Å². The van der Waals surface area contributed by atoms with Crippen molar-refractivity contribution in [1.82, 2.24) is 24.4 Å². The van der Waals surface area contributed by atoms with E-state index in [-0.39, 0.29) is 0 Å². The molecule has 0 saturated carbocycles. The minimum Gasteiger partial charge on any atom is -0.383 e. The lowest BCUT2D eigenvalue weighted by atomic mass is 9.86. The van der Waals surface area contributed by atoms with Crippen molar-refractivity contribution in [3.63, 3.8) is 0 Å². The molecular formula is C29H36N6O2. The molecule has 0 radical (unpaired) electrons. The van der Waals surface area contributed by atoms with Gasteiger partial charge in [0.15, 0.2) is 0 Å². The number of hydrogen-bond donors (Lipinski definition) is 1. The number of ether oxygens (including phenoxy) is 1. The number of nitrogens with zero attached hydrogens (tertiary/aromatic N) is 5. The lowest BCUT2D eigenvalue weighted by Crippen LogP contribution is -2.31. The third kappa shape index (κ3) is 5.37. The van der Waals surface area contributed by atoms with Gasteiger partial charge in [0.05, 0.1) is 23.7 Å². The Hall–Kier alpha value is -3.70. The first-order chi connectivity index (χ1) is 17.9. The van der Waals surface area contributed by atoms with E-state index in [4.69, 9.17) is 16.9 Å². The zero-order valence-electron chi connectivity index (χ0n) is 22.2. The van der Waals surface area contributed by atoms with Gasteiger partial charge >= 0.3 is 0 Å². The number of methoxy groups -OCH3 is 1. The molecule has 0 bridgehead atoms. The number of nitrogens with two attached hydrogens (primary N) is 1. The molecule has 1 amide bonds. The largest absolute Gasteiger partial charge is 0.383 e. The topological polar surface area (TPSA) is 99.2 Å². The predicted molar refractivity (Wildman–Crippen MR) is 147 cm³/mol. The number of allylic oxidation sites excluding steroid dienone is 2. The molecule has 1 aliphatic carbocycles. The molecule has 2 N–H and O–H groups in total. The molecule has 2 aliphatic rings. The van der Waals surface area contributed by atoms with Crippen molar-refractivity contribution in [2.45, 2.75) is 52.0 Å². The average Bonchev–Trinajstić information content (AvgIpc) is 3.48. The number of amides is 1. The van der Waals surface area contributed by atoms with Crippen LogP contribution in [0.1, 0.15) is 56.0 Å². The highest BCUT2D eigenvalue weighted by molar-refractivity contribution is 6.04. The van der Waals surface area contributed by atoms with Crippen LogP contribution < -0.4 is 5.73 Å². The van der Waals surface area contributed by atoms with Gasteiger partial charge < -0.3 is 19.9 Å². The van der Waals surface area contributed by atoms with Gasteiger partial charge in [0.1, 0.15) is 23.5 Å². The average molecular weight is 501 g/mol. The van der Waals surface area contributed by atoms with Gasteiger partial charge in [-0.2, -0.15) is 0 Å². The van der Waals surface area contributed by atoms with Crippen LogP contribution in [-0.2, 0) is 16.6 Å². The Kier molecular flexibility index (Phi) is 8.24. The fourth-order valence-corrected chi connectivity index (χ4v) is 5.36. The summed E-state index contributed by atoms with van der Waals surface area (Å²) in [5.41, 5.74) is 13.2. The molecule has 8 heteroatoms. The monoisotopic (exact) mass is 500 g/mol. The lowest BCUT2D eigenvalue weighted by Gasteiger charge is -2.20. The number of rotatable bonds is 5. The van der Waals surface area contributed by atoms with Crippen molar-refractivity contribution in [2.24, 2.45) is 13.0 Å². The second-order valence-electron chi connectivity index (χ2n) is 9.92. The van der Waals surface area contributed by atoms with Crippen molar-refractivity contribution >= 4 is 28.8 Å². The van der Waals surface area contributed by atoms with Gasteiger partial charge in [-0.3, -0.25) is 4.79 Å². The molecule has 8 nitrogen and oxygen atoms in total. The summed E-state index contributed by atoms with van der Waals surface area (Å²) in [4.78, 5) is 25.5. The Balaban J connectivity index is 0.000000270. The lowest BCUT2D eigenvalue weighted by molar-refractivity contribution is -0.119. The molecule has 5 rings (SSSR count). The summed E-state index contributed by atoms with van der Waals surface area (Å²) in [5.74, 6) is 3.83. The Morgan fingerprint density at radius 3 is 2.76 bits per heavy atom. The number of nitrogen functional groups attached to an aromatic ring is 1. The van der Waals surface area contributed by atoms with Crippen LogP contribution in [0.5, 0.6) is 0 Å². The zero-order valence-corrected chi connectivity index (χ0v) is 22.2. The molecule has 0 unspecified atom stereocenters. The van der Waals surface area contributed by atoms with Gasteiger partial charge in [-0.1, -0.05) is 18.9 Å². The fraction of sp³-hybridized carbons (Fsp3) is 0.448. The summed E-state index contributed by atoms with van der Waals surface area (Å²) >= 11 is 0. The first-order valence-corrected chi connectivity index (χ1v) is 12.8. The van der Waals surface area contributed by atoms with E-state index in [1.165, 1.54) is 18.3 Å². The van der Waals surface area contributed by atoms with Gasteiger partial charge in [0.25, 0.3) is 0 Å². The molecule has 0 spiro atoms. The molecule has 3 aromatic rings. The van der Waals surface area contributed by atoms with Crippen molar-refractivity contribution in [2.75, 3.05) is 26.0 Å². The van der Waals surface area contributed by atoms with Crippen molar-refractivity contribution in [3.05, 3.63) is 41.5 Å². The van der Waals surface area contributed by atoms with Gasteiger partial charge in [-0.15, -0.1) is 6.42 Å². The fourth-order valence-electron chi connectivity index (χ4n) is 5.36. The zero-order chi connectivity index (χ0) is 26.5. The number of pyridine rings is 1. The van der Waals surface area contributed by atoms with Crippen molar-refractivity contribution in [1.29, 1.82) is 0 Å². The number of terminal acetylenes is 1. The van der Waals surface area contributed by atoms with Gasteiger partial charge in [0, 0.05) is 37.5 Å². The van der Waals surface area contributed by atoms with Crippen LogP contribution in [-0.4, -0.2) is 57.1 Å². The maximum atomic E-state index is 10.4. The molecule has 4 heterocycles. The van der Waals surface area contributed by atoms with Crippen LogP contribution >= 0.6 is 0 Å². The summed E-state index contributed by atoms with van der Waals surface area (Å²) in [7, 11) is 3.69. The van der Waals surface area contributed by atoms with Crippen molar-refractivity contribution < 1.29 is 9.53 Å². The third-order valence-corrected chi connectivity index (χ3v) is 7.40. The summed E-state index contributed by atoms with van der Waals surface area (Å²) < 4.78 is 7.06. The smallest absolute Gasteiger partial charge is 0.210 e. The third-order valence-electron chi connectivity index (χ3n) is 7.40. The van der Waals surface area contributed by atoms with E-state index in [1.54, 1.807) is 7.11 Å². The van der Waals surface area contributed by atoms with Gasteiger partial charge in [-0.25, -0.2) is 15.0 Å². The molecular weight excluding hydrogens is 464 g/mol. The number of aryl methyl sites for hydroxylation is 2. The van der Waals surface area contributed by atoms with E-state index in [9.17, 15) is 4.79 Å². The number of carbonyl (C=O) groups is 1. The summed E-state index contributed by atoms with van der Waals surface area (Å²) in [6, 6.07) is 4.27. The first-order valence-electron chi connectivity index (χ1n) is 12.8. The second-order valence-corrected chi connectivity index (χ2v) is 9.92. The van der Waals surface area contributed by atoms with E-state index < -0.39 is 0 Å². The molecule has 1 fully saturated rings. The van der Waals surface area contributed by atoms with E-state index in [0.717, 1.165) is 72.2 Å². The SMILES string of the molecule is C#Cc1ccc(-c2c(C3=CC[C@@H](C)CC3)c3c(N)ncnc3n2C)c(C)n1.COC[C@@H]1CCCN1C=O. The number of likely N-dealkylation sites (tertiary alicyclic amines) is 1. The highest BCUT2D eigenvalue weighted by Crippen LogP contribution is 2.43. The summed E-state index contributed by atoms with van der Waals surface area (Å²) in [6.45, 7) is 5.86. The molecule has 3 aromatic heterocycles. The Bertz CT molecular complexity index is 1350. The van der Waals surface area contributed by atoms with Crippen LogP contribution in [0.25, 0.3) is 27.9 Å². The Morgan fingerprint density at radius 2 is 2.11 bits per heavy atom. The van der Waals surface area contributed by atoms with Crippen LogP contribution in [0.2, 0.25) is 0 Å². The quantitative estimate of drug-likeness (QED) is 0.413. The minimum atomic E-state index is 0.336. The van der Waals surface area contributed by atoms with Crippen LogP contribution in [0.3, 0.4) is 0 Å².